The van der Waals surface area contributed by atoms with Gasteiger partial charge in [0.05, 0.1) is 102 Å². The molecule has 668 valence electrons. The third-order valence-corrected chi connectivity index (χ3v) is 24.4. The van der Waals surface area contributed by atoms with Crippen molar-refractivity contribution < 1.29 is 0 Å². The second-order valence-corrected chi connectivity index (χ2v) is 33.8. The number of nitrogens with zero attached hydrogens (tertiary/aromatic N) is 15. The van der Waals surface area contributed by atoms with E-state index < -0.39 is 0 Å². The molecule has 0 spiro atoms. The van der Waals surface area contributed by atoms with Gasteiger partial charge < -0.3 is 0 Å². The minimum absolute atomic E-state index is 0.669. The minimum Gasteiger partial charge on any atom is -0.255 e. The molecule has 0 amide bonds. The summed E-state index contributed by atoms with van der Waals surface area (Å²) in [5, 5.41) is 2.40. The summed E-state index contributed by atoms with van der Waals surface area (Å²) < 4.78 is 0. The van der Waals surface area contributed by atoms with Gasteiger partial charge in [-0.1, -0.05) is 340 Å². The highest BCUT2D eigenvalue weighted by atomic mass is 14.9. The number of benzene rings is 12. The second-order valence-electron chi connectivity index (χ2n) is 33.8. The van der Waals surface area contributed by atoms with E-state index in [0.717, 1.165) is 203 Å². The van der Waals surface area contributed by atoms with Gasteiger partial charge >= 0.3 is 0 Å². The van der Waals surface area contributed by atoms with Gasteiger partial charge in [-0.2, -0.15) is 0 Å². The largest absolute Gasteiger partial charge is 0.255 e. The van der Waals surface area contributed by atoms with Crippen LogP contribution in [-0.2, 0) is 0 Å². The number of rotatable bonds is 20. The summed E-state index contributed by atoms with van der Waals surface area (Å²) in [7, 11) is 0. The van der Waals surface area contributed by atoms with Gasteiger partial charge in [-0.05, 0) is 206 Å². The Hall–Kier alpha value is -19.5. The van der Waals surface area contributed by atoms with Crippen LogP contribution >= 0.6 is 0 Å². The third kappa shape index (κ3) is 20.2. The molecule has 0 fully saturated rings. The molecule has 12 aromatic carbocycles. The van der Waals surface area contributed by atoms with Gasteiger partial charge in [-0.15, -0.1) is 0 Å². The highest BCUT2D eigenvalue weighted by Crippen LogP contribution is 2.41. The van der Waals surface area contributed by atoms with Crippen molar-refractivity contribution >= 4 is 10.8 Å². The Morgan fingerprint density at radius 3 is 0.690 bits per heavy atom. The molecule has 24 aromatic rings. The first kappa shape index (κ1) is 87.8. The normalized spacial score (nSPS) is 11.0. The van der Waals surface area contributed by atoms with Crippen molar-refractivity contribution in [3.05, 3.63) is 516 Å². The Balaban J connectivity index is 0.000000122. The molecule has 0 atom stereocenters. The van der Waals surface area contributed by atoms with Crippen molar-refractivity contribution in [1.29, 1.82) is 0 Å². The lowest BCUT2D eigenvalue weighted by Crippen LogP contribution is -1.97. The van der Waals surface area contributed by atoms with Gasteiger partial charge in [0.15, 0.2) is 17.5 Å². The van der Waals surface area contributed by atoms with Crippen LogP contribution in [0.2, 0.25) is 0 Å². The molecule has 0 unspecified atom stereocenters. The van der Waals surface area contributed by atoms with Crippen molar-refractivity contribution in [1.82, 2.24) is 74.8 Å². The first-order valence-corrected chi connectivity index (χ1v) is 46.8. The fraction of sp³-hybridized carbons (Fsp3) is 0. The van der Waals surface area contributed by atoms with Gasteiger partial charge in [0, 0.05) is 87.3 Å². The molecule has 12 heterocycles. The molecule has 12 aromatic heterocycles. The molecule has 0 radical (unpaired) electrons. The Morgan fingerprint density at radius 2 is 0.359 bits per heavy atom. The van der Waals surface area contributed by atoms with Crippen LogP contribution < -0.4 is 0 Å². The van der Waals surface area contributed by atoms with Crippen LogP contribution in [0.25, 0.3) is 236 Å². The van der Waals surface area contributed by atoms with Crippen LogP contribution in [0, 0.1) is 0 Å². The zero-order valence-corrected chi connectivity index (χ0v) is 76.8. The van der Waals surface area contributed by atoms with E-state index in [1.165, 1.54) is 16.3 Å². The van der Waals surface area contributed by atoms with E-state index in [2.05, 4.69) is 245 Å². The van der Waals surface area contributed by atoms with Crippen LogP contribution in [0.3, 0.4) is 0 Å². The van der Waals surface area contributed by atoms with Crippen LogP contribution in [0.1, 0.15) is 0 Å². The van der Waals surface area contributed by atoms with E-state index in [4.69, 9.17) is 59.8 Å². The van der Waals surface area contributed by atoms with E-state index in [1.54, 1.807) is 18.6 Å². The standard InChI is InChI=1S/2C43H29N5.C41H27N5/c1-4-14-30(15-5-1)35-20-10-11-21-36(35)34-26-41(37-22-12-13-25-44-37)46-42(27-34)38-24-23-33(29-45-38)40-28-39(31-16-6-2-7-17-31)47-43(48-40)32-18-8-3-9-19-32;1-4-13-30(14-5-1)33-19-12-20-34(25-33)36-26-41(37-21-10-11-24-44-37)46-42(27-36)38-23-22-35(29-45-38)40-28-39(31-15-6-2-7-16-31)47-43(48-40)32-17-8-3-9-18-32;1-3-12-29(13-4-1)37-26-38(46-41(45-37)30-14-5-2-6-15-30)33-20-21-36(43-27-33)40-25-34(24-39(44-40)35-17-9-10-22-42-35)32-19-18-28-11-7-8-16-31(28)23-32/h2*1-29H;1-27H. The van der Waals surface area contributed by atoms with Crippen molar-refractivity contribution in [2.75, 3.05) is 0 Å². The second kappa shape index (κ2) is 41.4. The first-order valence-electron chi connectivity index (χ1n) is 46.8. The van der Waals surface area contributed by atoms with Crippen molar-refractivity contribution in [3.63, 3.8) is 0 Å². The molecule has 0 saturated heterocycles. The number of hydrogen-bond acceptors (Lipinski definition) is 15. The lowest BCUT2D eigenvalue weighted by atomic mass is 9.93. The van der Waals surface area contributed by atoms with Crippen LogP contribution in [0.15, 0.2) is 516 Å². The minimum atomic E-state index is 0.669. The maximum absolute atomic E-state index is 5.06. The van der Waals surface area contributed by atoms with E-state index in [1.807, 2.05) is 267 Å². The molecule has 0 aliphatic heterocycles. The average Bonchev–Trinajstić information content (AvgIpc) is 0.830. The SMILES string of the molecule is c1ccc(-c2cc(-c3ccc(-c4cc(-c5ccc6ccccc6c5)cc(-c5ccccn5)n4)nc3)nc(-c3ccccc3)n2)cc1.c1ccc(-c2cc(-c3ccc(-c4cc(-c5ccccc5-c5ccccc5)cc(-c5ccccn5)n4)nc3)nc(-c3ccccc3)n2)cc1.c1ccc(-c2cccc(-c3cc(-c4ccccn4)nc(-c4ccc(-c5cc(-c6ccccc6)nc(-c6ccccc6)n5)cn4)c3)c2)cc1. The van der Waals surface area contributed by atoms with Crippen molar-refractivity contribution in [3.8, 4) is 226 Å². The smallest absolute Gasteiger partial charge is 0.160 e. The molecule has 15 heteroatoms. The van der Waals surface area contributed by atoms with E-state index in [0.29, 0.717) is 17.5 Å². The Bertz CT molecular complexity index is 8320. The summed E-state index contributed by atoms with van der Waals surface area (Å²) in [4.78, 5) is 73.4. The zero-order chi connectivity index (χ0) is 95.0. The molecule has 0 N–H and O–H groups in total. The van der Waals surface area contributed by atoms with Crippen molar-refractivity contribution in [2.24, 2.45) is 0 Å². The summed E-state index contributed by atoms with van der Waals surface area (Å²) >= 11 is 0. The van der Waals surface area contributed by atoms with Crippen LogP contribution in [-0.4, -0.2) is 74.8 Å². The van der Waals surface area contributed by atoms with Gasteiger partial charge in [-0.25, -0.2) is 44.9 Å². The number of fused-ring (bicyclic) bond motifs is 1. The quantitative estimate of drug-likeness (QED) is 0.0699. The summed E-state index contributed by atoms with van der Waals surface area (Å²) in [5.74, 6) is 2.01. The van der Waals surface area contributed by atoms with E-state index in [-0.39, 0.29) is 0 Å². The molecule has 15 nitrogen and oxygen atoms in total. The number of hydrogen-bond donors (Lipinski definition) is 0. The van der Waals surface area contributed by atoms with Gasteiger partial charge in [0.2, 0.25) is 0 Å². The van der Waals surface area contributed by atoms with Gasteiger partial charge in [0.1, 0.15) is 0 Å². The molecule has 0 bridgehead atoms. The fourth-order valence-corrected chi connectivity index (χ4v) is 17.2. The highest BCUT2D eigenvalue weighted by molar-refractivity contribution is 5.91. The molecular formula is C127H85N15. The summed E-state index contributed by atoms with van der Waals surface area (Å²) in [6.07, 6.45) is 11.0. The maximum atomic E-state index is 5.06. The lowest BCUT2D eigenvalue weighted by Gasteiger charge is -2.13. The third-order valence-electron chi connectivity index (χ3n) is 24.4. The molecule has 24 rings (SSSR count). The summed E-state index contributed by atoms with van der Waals surface area (Å²) in [6, 6.07) is 162. The number of pyridine rings is 9. The van der Waals surface area contributed by atoms with E-state index in [9.17, 15) is 0 Å². The maximum Gasteiger partial charge on any atom is 0.160 e. The molecule has 0 aliphatic carbocycles. The lowest BCUT2D eigenvalue weighted by molar-refractivity contribution is 1.17. The van der Waals surface area contributed by atoms with Crippen LogP contribution in [0.5, 0.6) is 0 Å². The predicted octanol–water partition coefficient (Wildman–Crippen LogP) is 30.5. The monoisotopic (exact) mass is 1820 g/mol. The highest BCUT2D eigenvalue weighted by Gasteiger charge is 2.22. The number of aromatic nitrogens is 15. The Kier molecular flexibility index (Phi) is 25.6. The predicted molar refractivity (Wildman–Crippen MR) is 572 cm³/mol. The Labute approximate surface area is 822 Å². The molecule has 142 heavy (non-hydrogen) atoms. The topological polar surface area (TPSA) is 193 Å². The average molecular weight is 1820 g/mol. The zero-order valence-electron chi connectivity index (χ0n) is 76.8. The molecule has 0 saturated carbocycles. The van der Waals surface area contributed by atoms with Gasteiger partial charge in [-0.3, -0.25) is 29.9 Å². The van der Waals surface area contributed by atoms with E-state index >= 15 is 0 Å². The van der Waals surface area contributed by atoms with Crippen LogP contribution in [0.4, 0.5) is 0 Å². The Morgan fingerprint density at radius 1 is 0.106 bits per heavy atom. The molecular weight excluding hydrogens is 1740 g/mol. The fourth-order valence-electron chi connectivity index (χ4n) is 17.2. The van der Waals surface area contributed by atoms with Crippen molar-refractivity contribution in [2.45, 2.75) is 0 Å². The summed E-state index contributed by atoms with van der Waals surface area (Å²) in [5.41, 5.74) is 34.1. The first-order chi connectivity index (χ1) is 70.3. The summed E-state index contributed by atoms with van der Waals surface area (Å²) in [6.45, 7) is 0. The molecule has 0 aliphatic rings. The van der Waals surface area contributed by atoms with Gasteiger partial charge in [0.25, 0.3) is 0 Å².